The van der Waals surface area contributed by atoms with Gasteiger partial charge in [0.05, 0.1) is 6.04 Å². The van der Waals surface area contributed by atoms with Gasteiger partial charge in [-0.05, 0) is 48.3 Å². The summed E-state index contributed by atoms with van der Waals surface area (Å²) in [6.45, 7) is 6.96. The molecule has 4 atom stereocenters. The van der Waals surface area contributed by atoms with Gasteiger partial charge in [0.1, 0.15) is 18.4 Å². The van der Waals surface area contributed by atoms with E-state index in [1.807, 2.05) is 6.07 Å². The number of carbonyl (C=O) groups is 4. The standard InChI is InChI=1S/C31H39F2N3O5/c1-19(2)15-26(29(39)35-25(18-37)17-23-13-14-34-28(23)38)36(30(40)41)27(20(3)4)31(32,33)24-12-8-11-22(16-24)21-9-6-5-7-10-21/h5-12,16,18-20,23,25-27H,13-15,17H2,1-4H3,(H,34,38)(H,35,39)(H,40,41)/t23-,25-,26-,27+/m0/s1. The van der Waals surface area contributed by atoms with Crippen molar-refractivity contribution in [3.63, 3.8) is 0 Å². The molecule has 1 saturated heterocycles. The Labute approximate surface area is 239 Å². The van der Waals surface area contributed by atoms with E-state index in [9.17, 15) is 24.3 Å². The summed E-state index contributed by atoms with van der Waals surface area (Å²) in [5.41, 5.74) is 0.910. The van der Waals surface area contributed by atoms with Crippen LogP contribution in [0, 0.1) is 17.8 Å². The fourth-order valence-electron chi connectivity index (χ4n) is 5.47. The number of halogens is 2. The molecular weight excluding hydrogens is 532 g/mol. The topological polar surface area (TPSA) is 116 Å². The van der Waals surface area contributed by atoms with Gasteiger partial charge >= 0.3 is 6.09 Å². The number of hydrogen-bond donors (Lipinski definition) is 3. The second-order valence-electron chi connectivity index (χ2n) is 11.4. The van der Waals surface area contributed by atoms with Crippen molar-refractivity contribution in [3.05, 3.63) is 60.2 Å². The third kappa shape index (κ3) is 7.68. The molecule has 0 radical (unpaired) electrons. The van der Waals surface area contributed by atoms with Gasteiger partial charge in [0, 0.05) is 18.0 Å². The Hall–Kier alpha value is -3.82. The van der Waals surface area contributed by atoms with E-state index in [0.29, 0.717) is 29.7 Å². The van der Waals surface area contributed by atoms with Crippen LogP contribution >= 0.6 is 0 Å². The second kappa shape index (κ2) is 13.7. The van der Waals surface area contributed by atoms with Gasteiger partial charge in [-0.25, -0.2) is 4.79 Å². The number of hydrogen-bond acceptors (Lipinski definition) is 4. The highest BCUT2D eigenvalue weighted by molar-refractivity contribution is 5.88. The molecule has 2 aromatic rings. The van der Waals surface area contributed by atoms with Crippen molar-refractivity contribution in [2.24, 2.45) is 17.8 Å². The Bertz CT molecular complexity index is 1220. The summed E-state index contributed by atoms with van der Waals surface area (Å²) in [5, 5.41) is 15.5. The molecule has 1 fully saturated rings. The number of aldehydes is 1. The average molecular weight is 572 g/mol. The summed E-state index contributed by atoms with van der Waals surface area (Å²) in [4.78, 5) is 50.6. The molecule has 8 nitrogen and oxygen atoms in total. The van der Waals surface area contributed by atoms with E-state index in [2.05, 4.69) is 10.6 Å². The van der Waals surface area contributed by atoms with E-state index in [1.54, 1.807) is 44.2 Å². The number of carbonyl (C=O) groups excluding carboxylic acids is 3. The van der Waals surface area contributed by atoms with Gasteiger partial charge in [0.2, 0.25) is 11.8 Å². The summed E-state index contributed by atoms with van der Waals surface area (Å²) in [7, 11) is 0. The van der Waals surface area contributed by atoms with Crippen molar-refractivity contribution >= 4 is 24.2 Å². The second-order valence-corrected chi connectivity index (χ2v) is 11.4. The number of carboxylic acid groups (broad SMARTS) is 1. The minimum absolute atomic E-state index is 0.0403. The molecule has 0 bridgehead atoms. The predicted molar refractivity (Wildman–Crippen MR) is 151 cm³/mol. The zero-order valence-corrected chi connectivity index (χ0v) is 23.8. The van der Waals surface area contributed by atoms with Crippen LogP contribution in [0.15, 0.2) is 54.6 Å². The van der Waals surface area contributed by atoms with Gasteiger partial charge in [-0.3, -0.25) is 14.5 Å². The number of rotatable bonds is 13. The van der Waals surface area contributed by atoms with Crippen molar-refractivity contribution < 1.29 is 33.1 Å². The molecule has 222 valence electrons. The van der Waals surface area contributed by atoms with Crippen molar-refractivity contribution in [1.82, 2.24) is 15.5 Å². The van der Waals surface area contributed by atoms with E-state index < -0.39 is 47.9 Å². The van der Waals surface area contributed by atoms with Crippen molar-refractivity contribution in [2.75, 3.05) is 6.54 Å². The number of nitrogens with zero attached hydrogens (tertiary/aromatic N) is 1. The third-order valence-corrected chi connectivity index (χ3v) is 7.40. The molecule has 3 amide bonds. The molecule has 0 unspecified atom stereocenters. The fraction of sp³-hybridized carbons (Fsp3) is 0.484. The summed E-state index contributed by atoms with van der Waals surface area (Å²) in [5.74, 6) is -6.34. The van der Waals surface area contributed by atoms with Gasteiger partial charge in [-0.1, -0.05) is 76.2 Å². The highest BCUT2D eigenvalue weighted by Crippen LogP contribution is 2.41. The Morgan fingerprint density at radius 2 is 1.76 bits per heavy atom. The fourth-order valence-corrected chi connectivity index (χ4v) is 5.47. The summed E-state index contributed by atoms with van der Waals surface area (Å²) >= 11 is 0. The van der Waals surface area contributed by atoms with Crippen molar-refractivity contribution in [3.8, 4) is 11.1 Å². The Morgan fingerprint density at radius 3 is 2.29 bits per heavy atom. The summed E-state index contributed by atoms with van der Waals surface area (Å²) < 4.78 is 32.9. The zero-order chi connectivity index (χ0) is 30.3. The monoisotopic (exact) mass is 571 g/mol. The number of alkyl halides is 2. The molecular formula is C31H39F2N3O5. The number of benzene rings is 2. The van der Waals surface area contributed by atoms with Gasteiger partial charge in [0.15, 0.2) is 0 Å². The molecule has 3 rings (SSSR count). The number of nitrogens with one attached hydrogen (secondary N) is 2. The lowest BCUT2D eigenvalue weighted by molar-refractivity contribution is -0.139. The molecule has 0 aliphatic carbocycles. The van der Waals surface area contributed by atoms with Gasteiger partial charge in [-0.15, -0.1) is 0 Å². The maximum absolute atomic E-state index is 16.4. The molecule has 2 aromatic carbocycles. The van der Waals surface area contributed by atoms with E-state index >= 15 is 8.78 Å². The molecule has 0 aromatic heterocycles. The molecule has 0 spiro atoms. The van der Waals surface area contributed by atoms with Crippen LogP contribution in [0.4, 0.5) is 13.6 Å². The van der Waals surface area contributed by atoms with Crippen LogP contribution in [0.5, 0.6) is 0 Å². The van der Waals surface area contributed by atoms with Gasteiger partial charge in [0.25, 0.3) is 5.92 Å². The first-order valence-corrected chi connectivity index (χ1v) is 13.9. The van der Waals surface area contributed by atoms with E-state index in [-0.39, 0.29) is 30.2 Å². The Kier molecular flexibility index (Phi) is 10.6. The Morgan fingerprint density at radius 1 is 1.10 bits per heavy atom. The zero-order valence-electron chi connectivity index (χ0n) is 23.8. The largest absolute Gasteiger partial charge is 0.465 e. The first kappa shape index (κ1) is 31.7. The highest BCUT2D eigenvalue weighted by atomic mass is 19.3. The normalized spacial score (nSPS) is 17.6. The Balaban J connectivity index is 1.98. The molecule has 1 aliphatic rings. The SMILES string of the molecule is CC(C)C[C@@H](C(=O)N[C@H](C=O)C[C@@H]1CCNC1=O)N(C(=O)O)[C@H](C(C)C)C(F)(F)c1cccc(-c2ccccc2)c1. The average Bonchev–Trinajstić information content (AvgIpc) is 3.33. The molecule has 3 N–H and O–H groups in total. The van der Waals surface area contributed by atoms with Crippen molar-refractivity contribution in [2.45, 2.75) is 71.0 Å². The predicted octanol–water partition coefficient (Wildman–Crippen LogP) is 5.07. The van der Waals surface area contributed by atoms with Crippen LogP contribution in [-0.4, -0.2) is 58.9 Å². The van der Waals surface area contributed by atoms with Crippen LogP contribution in [-0.2, 0) is 20.3 Å². The minimum Gasteiger partial charge on any atom is -0.465 e. The van der Waals surface area contributed by atoms with Crippen LogP contribution in [0.1, 0.15) is 52.5 Å². The van der Waals surface area contributed by atoms with Gasteiger partial charge < -0.3 is 20.5 Å². The molecule has 10 heteroatoms. The molecule has 41 heavy (non-hydrogen) atoms. The summed E-state index contributed by atoms with van der Waals surface area (Å²) in [6, 6.07) is 10.3. The van der Waals surface area contributed by atoms with Gasteiger partial charge in [-0.2, -0.15) is 8.78 Å². The maximum Gasteiger partial charge on any atom is 0.408 e. The van der Waals surface area contributed by atoms with Crippen LogP contribution in [0.3, 0.4) is 0 Å². The molecule has 1 heterocycles. The number of amides is 3. The lowest BCUT2D eigenvalue weighted by atomic mass is 9.87. The van der Waals surface area contributed by atoms with Crippen LogP contribution in [0.2, 0.25) is 0 Å². The van der Waals surface area contributed by atoms with E-state index in [0.717, 1.165) is 5.56 Å². The molecule has 1 aliphatic heterocycles. The first-order chi connectivity index (χ1) is 19.4. The minimum atomic E-state index is -3.67. The molecule has 0 saturated carbocycles. The lowest BCUT2D eigenvalue weighted by Gasteiger charge is -2.42. The lowest BCUT2D eigenvalue weighted by Crippen LogP contribution is -2.61. The maximum atomic E-state index is 16.4. The van der Waals surface area contributed by atoms with Crippen molar-refractivity contribution in [1.29, 1.82) is 0 Å². The van der Waals surface area contributed by atoms with E-state index in [1.165, 1.54) is 32.0 Å². The smallest absolute Gasteiger partial charge is 0.408 e. The van der Waals surface area contributed by atoms with E-state index in [4.69, 9.17) is 0 Å². The highest BCUT2D eigenvalue weighted by Gasteiger charge is 2.51. The van der Waals surface area contributed by atoms with Crippen LogP contribution < -0.4 is 10.6 Å². The summed E-state index contributed by atoms with van der Waals surface area (Å²) in [6.07, 6.45) is -0.680. The third-order valence-electron chi connectivity index (χ3n) is 7.40. The van der Waals surface area contributed by atoms with Crippen LogP contribution in [0.25, 0.3) is 11.1 Å². The quantitative estimate of drug-likeness (QED) is 0.290. The first-order valence-electron chi connectivity index (χ1n) is 13.9.